The van der Waals surface area contributed by atoms with Crippen molar-refractivity contribution in [1.82, 2.24) is 0 Å². The molecule has 0 bridgehead atoms. The summed E-state index contributed by atoms with van der Waals surface area (Å²) in [6.45, 7) is 6.74. The van der Waals surface area contributed by atoms with Crippen LogP contribution in [0.4, 0.5) is 0 Å². The maximum atomic E-state index is 12.0. The van der Waals surface area contributed by atoms with Crippen molar-refractivity contribution in [2.24, 2.45) is 0 Å². The van der Waals surface area contributed by atoms with Gasteiger partial charge >= 0.3 is 11.9 Å². The maximum Gasteiger partial charge on any atom is 0.311 e. The number of hydrogen-bond acceptors (Lipinski definition) is 4. The minimum absolute atomic E-state index is 0.157. The third kappa shape index (κ3) is 15.9. The fraction of sp³-hybridized carbons (Fsp3) is 0.714. The van der Waals surface area contributed by atoms with Gasteiger partial charge in [0.05, 0.1) is 6.61 Å². The van der Waals surface area contributed by atoms with Gasteiger partial charge in [-0.2, -0.15) is 0 Å². The van der Waals surface area contributed by atoms with Crippen molar-refractivity contribution in [3.63, 3.8) is 0 Å². The number of aryl methyl sites for hydroxylation is 2. The summed E-state index contributed by atoms with van der Waals surface area (Å²) in [6, 6.07) is 5.76. The minimum Gasteiger partial charge on any atom is -0.466 e. The zero-order valence-electron chi connectivity index (χ0n) is 20.9. The first kappa shape index (κ1) is 28.2. The van der Waals surface area contributed by atoms with E-state index in [1.54, 1.807) is 0 Å². The summed E-state index contributed by atoms with van der Waals surface area (Å²) in [5.74, 6) is 0.185. The smallest absolute Gasteiger partial charge is 0.311 e. The van der Waals surface area contributed by atoms with Gasteiger partial charge in [0.25, 0.3) is 0 Å². The predicted octanol–water partition coefficient (Wildman–Crippen LogP) is 8.01. The van der Waals surface area contributed by atoms with Crippen LogP contribution >= 0.6 is 0 Å². The van der Waals surface area contributed by atoms with E-state index in [9.17, 15) is 9.59 Å². The molecule has 0 aliphatic heterocycles. The Balaban J connectivity index is 1.90. The molecule has 4 heteroatoms. The number of ether oxygens (including phenoxy) is 2. The standard InChI is InChI=1S/C28H46O4/c1-4-5-6-7-8-9-10-11-12-13-14-17-20-31-27(29)18-15-16-19-28(30)32-26-22-24(2)21-25(3)23-26/h21-23H,4-20H2,1-3H3. The van der Waals surface area contributed by atoms with Crippen LogP contribution in [-0.2, 0) is 14.3 Å². The Labute approximate surface area is 196 Å². The number of unbranched alkanes of at least 4 members (excludes halogenated alkanes) is 12. The first-order valence-corrected chi connectivity index (χ1v) is 13.0. The second-order valence-electron chi connectivity index (χ2n) is 9.11. The van der Waals surface area contributed by atoms with Crippen molar-refractivity contribution in [1.29, 1.82) is 0 Å². The largest absolute Gasteiger partial charge is 0.466 e. The molecule has 0 saturated heterocycles. The topological polar surface area (TPSA) is 52.6 Å². The molecule has 4 nitrogen and oxygen atoms in total. The molecule has 1 rings (SSSR count). The molecule has 1 aromatic carbocycles. The molecule has 182 valence electrons. The molecule has 0 amide bonds. The van der Waals surface area contributed by atoms with E-state index in [2.05, 4.69) is 6.92 Å². The summed E-state index contributed by atoms with van der Waals surface area (Å²) in [5, 5.41) is 0. The summed E-state index contributed by atoms with van der Waals surface area (Å²) in [7, 11) is 0. The molecular weight excluding hydrogens is 400 g/mol. The lowest BCUT2D eigenvalue weighted by Crippen LogP contribution is -2.09. The zero-order chi connectivity index (χ0) is 23.4. The Kier molecular flexibility index (Phi) is 16.5. The minimum atomic E-state index is -0.250. The number of hydrogen-bond donors (Lipinski definition) is 0. The normalized spacial score (nSPS) is 10.8. The van der Waals surface area contributed by atoms with Crippen LogP contribution in [0.25, 0.3) is 0 Å². The van der Waals surface area contributed by atoms with E-state index in [1.165, 1.54) is 64.2 Å². The summed E-state index contributed by atoms with van der Waals surface area (Å²) in [4.78, 5) is 23.8. The summed E-state index contributed by atoms with van der Waals surface area (Å²) in [6.07, 6.45) is 17.5. The molecule has 0 N–H and O–H groups in total. The zero-order valence-corrected chi connectivity index (χ0v) is 20.9. The number of carbonyl (C=O) groups excluding carboxylic acids is 2. The van der Waals surface area contributed by atoms with E-state index < -0.39 is 0 Å². The molecule has 1 aromatic rings. The van der Waals surface area contributed by atoms with Crippen LogP contribution in [0, 0.1) is 13.8 Å². The number of carbonyl (C=O) groups is 2. The average molecular weight is 447 g/mol. The van der Waals surface area contributed by atoms with E-state index in [0.29, 0.717) is 38.0 Å². The molecule has 32 heavy (non-hydrogen) atoms. The van der Waals surface area contributed by atoms with Crippen LogP contribution in [-0.4, -0.2) is 18.5 Å². The van der Waals surface area contributed by atoms with Gasteiger partial charge in [0.15, 0.2) is 0 Å². The van der Waals surface area contributed by atoms with E-state index in [1.807, 2.05) is 32.0 Å². The molecule has 0 atom stereocenters. The number of benzene rings is 1. The van der Waals surface area contributed by atoms with Crippen LogP contribution in [0.3, 0.4) is 0 Å². The van der Waals surface area contributed by atoms with Gasteiger partial charge in [0, 0.05) is 12.8 Å². The van der Waals surface area contributed by atoms with Crippen LogP contribution in [0.5, 0.6) is 5.75 Å². The molecule has 0 aromatic heterocycles. The third-order valence-corrected chi connectivity index (χ3v) is 5.70. The van der Waals surface area contributed by atoms with Crippen LogP contribution in [0.1, 0.15) is 121 Å². The van der Waals surface area contributed by atoms with Crippen molar-refractivity contribution in [3.05, 3.63) is 29.3 Å². The van der Waals surface area contributed by atoms with Crippen LogP contribution < -0.4 is 4.74 Å². The highest BCUT2D eigenvalue weighted by Crippen LogP contribution is 2.17. The van der Waals surface area contributed by atoms with Gasteiger partial charge in [-0.3, -0.25) is 9.59 Å². The Morgan fingerprint density at radius 3 is 1.62 bits per heavy atom. The van der Waals surface area contributed by atoms with Crippen molar-refractivity contribution >= 4 is 11.9 Å². The monoisotopic (exact) mass is 446 g/mol. The molecule has 0 aliphatic rings. The summed E-state index contributed by atoms with van der Waals surface area (Å²) in [5.41, 5.74) is 2.15. The molecular formula is C28H46O4. The average Bonchev–Trinajstić information content (AvgIpc) is 2.74. The third-order valence-electron chi connectivity index (χ3n) is 5.70. The van der Waals surface area contributed by atoms with E-state index in [-0.39, 0.29) is 11.9 Å². The van der Waals surface area contributed by atoms with E-state index in [4.69, 9.17) is 9.47 Å². The highest BCUT2D eigenvalue weighted by Gasteiger charge is 2.08. The first-order valence-electron chi connectivity index (χ1n) is 13.0. The van der Waals surface area contributed by atoms with Gasteiger partial charge in [-0.1, -0.05) is 83.6 Å². The van der Waals surface area contributed by atoms with Crippen LogP contribution in [0.15, 0.2) is 18.2 Å². The lowest BCUT2D eigenvalue weighted by atomic mass is 10.1. The highest BCUT2D eigenvalue weighted by molar-refractivity contribution is 5.72. The number of rotatable bonds is 19. The van der Waals surface area contributed by atoms with Crippen molar-refractivity contribution in [2.45, 2.75) is 124 Å². The Morgan fingerprint density at radius 1 is 0.625 bits per heavy atom. The molecule has 0 unspecified atom stereocenters. The van der Waals surface area contributed by atoms with Gasteiger partial charge in [0.2, 0.25) is 0 Å². The fourth-order valence-corrected chi connectivity index (χ4v) is 3.91. The quantitative estimate of drug-likeness (QED) is 0.123. The lowest BCUT2D eigenvalue weighted by Gasteiger charge is -2.07. The van der Waals surface area contributed by atoms with Crippen LogP contribution in [0.2, 0.25) is 0 Å². The summed E-state index contributed by atoms with van der Waals surface area (Å²) < 4.78 is 10.7. The number of esters is 2. The van der Waals surface area contributed by atoms with Gasteiger partial charge < -0.3 is 9.47 Å². The van der Waals surface area contributed by atoms with Crippen molar-refractivity contribution in [3.8, 4) is 5.75 Å². The van der Waals surface area contributed by atoms with Gasteiger partial charge in [0.1, 0.15) is 5.75 Å². The molecule has 0 aliphatic carbocycles. The van der Waals surface area contributed by atoms with Crippen molar-refractivity contribution in [2.75, 3.05) is 6.61 Å². The Bertz CT molecular complexity index is 618. The fourth-order valence-electron chi connectivity index (χ4n) is 3.91. The lowest BCUT2D eigenvalue weighted by molar-refractivity contribution is -0.144. The van der Waals surface area contributed by atoms with E-state index in [0.717, 1.165) is 24.0 Å². The molecule has 0 radical (unpaired) electrons. The van der Waals surface area contributed by atoms with Gasteiger partial charge in [-0.05, 0) is 56.4 Å². The SMILES string of the molecule is CCCCCCCCCCCCCCOC(=O)CCCCC(=O)Oc1cc(C)cc(C)c1. The summed E-state index contributed by atoms with van der Waals surface area (Å²) >= 11 is 0. The molecule has 0 saturated carbocycles. The Morgan fingerprint density at radius 2 is 1.09 bits per heavy atom. The maximum absolute atomic E-state index is 12.0. The van der Waals surface area contributed by atoms with Crippen molar-refractivity contribution < 1.29 is 19.1 Å². The second-order valence-corrected chi connectivity index (χ2v) is 9.11. The second kappa shape index (κ2) is 18.7. The highest BCUT2D eigenvalue weighted by atomic mass is 16.5. The van der Waals surface area contributed by atoms with Gasteiger partial charge in [-0.25, -0.2) is 0 Å². The molecule has 0 spiro atoms. The first-order chi connectivity index (χ1) is 15.5. The predicted molar refractivity (Wildman–Crippen MR) is 132 cm³/mol. The van der Waals surface area contributed by atoms with Gasteiger partial charge in [-0.15, -0.1) is 0 Å². The molecule has 0 fully saturated rings. The van der Waals surface area contributed by atoms with E-state index >= 15 is 0 Å². The Hall–Kier alpha value is -1.84. The molecule has 0 heterocycles.